The average Bonchev–Trinajstić information content (AvgIpc) is 3.21. The number of anilines is 1. The smallest absolute Gasteiger partial charge is 0.246 e. The number of ether oxygens (including phenoxy) is 2. The van der Waals surface area contributed by atoms with Crippen LogP contribution < -0.4 is 14.4 Å². The molecule has 1 fully saturated rings. The Labute approximate surface area is 186 Å². The highest BCUT2D eigenvalue weighted by molar-refractivity contribution is 7.22. The number of nitrogens with zero attached hydrogens (tertiary/aromatic N) is 3. The molecule has 2 aromatic carbocycles. The molecule has 162 valence electrons. The Morgan fingerprint density at radius 3 is 2.48 bits per heavy atom. The van der Waals surface area contributed by atoms with Gasteiger partial charge in [-0.05, 0) is 54.8 Å². The molecule has 7 heteroatoms. The molecular weight excluding hydrogens is 410 g/mol. The van der Waals surface area contributed by atoms with Crippen molar-refractivity contribution in [3.8, 4) is 11.5 Å². The van der Waals surface area contributed by atoms with Crippen molar-refractivity contribution in [2.75, 3.05) is 45.3 Å². The molecule has 1 aliphatic heterocycles. The van der Waals surface area contributed by atoms with Crippen molar-refractivity contribution in [2.45, 2.75) is 13.8 Å². The molecule has 6 nitrogen and oxygen atoms in total. The van der Waals surface area contributed by atoms with E-state index < -0.39 is 0 Å². The van der Waals surface area contributed by atoms with E-state index in [2.05, 4.69) is 30.9 Å². The van der Waals surface area contributed by atoms with Gasteiger partial charge in [0.1, 0.15) is 0 Å². The first-order valence-corrected chi connectivity index (χ1v) is 11.1. The molecule has 0 spiro atoms. The second-order valence-corrected chi connectivity index (χ2v) is 8.66. The zero-order valence-corrected chi connectivity index (χ0v) is 19.2. The van der Waals surface area contributed by atoms with Gasteiger partial charge >= 0.3 is 0 Å². The fourth-order valence-corrected chi connectivity index (χ4v) is 4.91. The van der Waals surface area contributed by atoms with E-state index in [0.29, 0.717) is 24.6 Å². The Hall–Kier alpha value is -3.06. The molecule has 0 bridgehead atoms. The lowest BCUT2D eigenvalue weighted by molar-refractivity contribution is -0.126. The largest absolute Gasteiger partial charge is 0.493 e. The third-order valence-corrected chi connectivity index (χ3v) is 6.76. The van der Waals surface area contributed by atoms with E-state index in [1.165, 1.54) is 15.8 Å². The lowest BCUT2D eigenvalue weighted by atomic mass is 10.1. The maximum atomic E-state index is 12.7. The van der Waals surface area contributed by atoms with Crippen LogP contribution in [0, 0.1) is 13.8 Å². The summed E-state index contributed by atoms with van der Waals surface area (Å²) in [4.78, 5) is 21.7. The lowest BCUT2D eigenvalue weighted by Crippen LogP contribution is -2.48. The molecule has 1 amide bonds. The minimum Gasteiger partial charge on any atom is -0.493 e. The van der Waals surface area contributed by atoms with Crippen LogP contribution in [0.2, 0.25) is 0 Å². The summed E-state index contributed by atoms with van der Waals surface area (Å²) in [5.74, 6) is 1.33. The molecule has 0 N–H and O–H groups in total. The van der Waals surface area contributed by atoms with Crippen LogP contribution in [0.1, 0.15) is 16.7 Å². The number of thiazole rings is 1. The Morgan fingerprint density at radius 2 is 1.77 bits per heavy atom. The van der Waals surface area contributed by atoms with Gasteiger partial charge < -0.3 is 19.3 Å². The first-order valence-electron chi connectivity index (χ1n) is 10.3. The summed E-state index contributed by atoms with van der Waals surface area (Å²) < 4.78 is 11.8. The Kier molecular flexibility index (Phi) is 6.13. The molecule has 1 aromatic heterocycles. The van der Waals surface area contributed by atoms with E-state index in [1.54, 1.807) is 31.6 Å². The lowest BCUT2D eigenvalue weighted by Gasteiger charge is -2.34. The summed E-state index contributed by atoms with van der Waals surface area (Å²) in [6.45, 7) is 7.18. The van der Waals surface area contributed by atoms with Gasteiger partial charge in [0.25, 0.3) is 0 Å². The topological polar surface area (TPSA) is 54.9 Å². The first kappa shape index (κ1) is 21.2. The van der Waals surface area contributed by atoms with Gasteiger partial charge in [-0.3, -0.25) is 4.79 Å². The number of amides is 1. The third-order valence-electron chi connectivity index (χ3n) is 5.50. The summed E-state index contributed by atoms with van der Waals surface area (Å²) in [6, 6.07) is 9.94. The maximum Gasteiger partial charge on any atom is 0.246 e. The molecule has 31 heavy (non-hydrogen) atoms. The molecule has 4 rings (SSSR count). The molecule has 3 aromatic rings. The highest BCUT2D eigenvalue weighted by Gasteiger charge is 2.22. The van der Waals surface area contributed by atoms with Crippen molar-refractivity contribution in [1.82, 2.24) is 9.88 Å². The van der Waals surface area contributed by atoms with Crippen LogP contribution in [0.3, 0.4) is 0 Å². The number of methoxy groups -OCH3 is 2. The number of aryl methyl sites for hydroxylation is 2. The Balaban J connectivity index is 1.39. The van der Waals surface area contributed by atoms with Crippen molar-refractivity contribution in [2.24, 2.45) is 0 Å². The normalized spacial score (nSPS) is 14.5. The molecule has 2 heterocycles. The molecule has 0 atom stereocenters. The molecule has 1 saturated heterocycles. The van der Waals surface area contributed by atoms with E-state index >= 15 is 0 Å². The number of fused-ring (bicyclic) bond motifs is 1. The van der Waals surface area contributed by atoms with E-state index in [0.717, 1.165) is 29.3 Å². The van der Waals surface area contributed by atoms with Gasteiger partial charge in [0, 0.05) is 32.3 Å². The van der Waals surface area contributed by atoms with E-state index in [9.17, 15) is 4.79 Å². The predicted octanol–water partition coefficient (Wildman–Crippen LogP) is 4.29. The third kappa shape index (κ3) is 4.51. The Bertz CT molecular complexity index is 1130. The van der Waals surface area contributed by atoms with Crippen LogP contribution in [0.25, 0.3) is 16.3 Å². The standard InChI is InChI=1S/C24H27N3O3S/c1-16-13-17(2)23-19(14-16)25-24(31-23)27-11-9-26(10-12-27)22(28)8-6-18-5-7-20(29-3)21(15-18)30-4/h5-8,13-15H,9-12H2,1-4H3/b8-6+. The molecule has 0 unspecified atom stereocenters. The summed E-state index contributed by atoms with van der Waals surface area (Å²) in [7, 11) is 3.21. The zero-order chi connectivity index (χ0) is 22.0. The second kappa shape index (κ2) is 8.98. The number of carbonyl (C=O) groups excluding carboxylic acids is 1. The molecular formula is C24H27N3O3S. The monoisotopic (exact) mass is 437 g/mol. The molecule has 0 radical (unpaired) electrons. The quantitative estimate of drug-likeness (QED) is 0.558. The molecule has 1 aliphatic rings. The highest BCUT2D eigenvalue weighted by atomic mass is 32.1. The van der Waals surface area contributed by atoms with Crippen LogP contribution in [0.15, 0.2) is 36.4 Å². The number of aromatic nitrogens is 1. The van der Waals surface area contributed by atoms with Crippen molar-refractivity contribution in [3.63, 3.8) is 0 Å². The summed E-state index contributed by atoms with van der Waals surface area (Å²) in [5.41, 5.74) is 4.46. The maximum absolute atomic E-state index is 12.7. The zero-order valence-electron chi connectivity index (χ0n) is 18.3. The van der Waals surface area contributed by atoms with Gasteiger partial charge in [-0.25, -0.2) is 4.98 Å². The van der Waals surface area contributed by atoms with Gasteiger partial charge in [-0.2, -0.15) is 0 Å². The molecule has 0 saturated carbocycles. The fraction of sp³-hybridized carbons (Fsp3) is 0.333. The predicted molar refractivity (Wildman–Crippen MR) is 126 cm³/mol. The number of benzene rings is 2. The number of carbonyl (C=O) groups is 1. The number of piperazine rings is 1. The number of rotatable bonds is 5. The van der Waals surface area contributed by atoms with Crippen LogP contribution in [-0.2, 0) is 4.79 Å². The number of hydrogen-bond acceptors (Lipinski definition) is 6. The first-order chi connectivity index (χ1) is 15.0. The average molecular weight is 438 g/mol. The summed E-state index contributed by atoms with van der Waals surface area (Å²) >= 11 is 1.74. The van der Waals surface area contributed by atoms with Crippen molar-refractivity contribution in [1.29, 1.82) is 0 Å². The van der Waals surface area contributed by atoms with Crippen molar-refractivity contribution >= 4 is 38.7 Å². The van der Waals surface area contributed by atoms with Gasteiger partial charge in [0.2, 0.25) is 5.91 Å². The van der Waals surface area contributed by atoms with Crippen molar-refractivity contribution in [3.05, 3.63) is 53.1 Å². The highest BCUT2D eigenvalue weighted by Crippen LogP contribution is 2.32. The van der Waals surface area contributed by atoms with E-state index in [-0.39, 0.29) is 5.91 Å². The van der Waals surface area contributed by atoms with Gasteiger partial charge in [0.15, 0.2) is 16.6 Å². The minimum absolute atomic E-state index is 0.0187. The van der Waals surface area contributed by atoms with E-state index in [4.69, 9.17) is 14.5 Å². The van der Waals surface area contributed by atoms with Crippen LogP contribution >= 0.6 is 11.3 Å². The number of hydrogen-bond donors (Lipinski definition) is 0. The van der Waals surface area contributed by atoms with Gasteiger partial charge in [0.05, 0.1) is 24.4 Å². The van der Waals surface area contributed by atoms with Gasteiger partial charge in [-0.15, -0.1) is 0 Å². The minimum atomic E-state index is 0.0187. The summed E-state index contributed by atoms with van der Waals surface area (Å²) in [5, 5.41) is 1.04. The van der Waals surface area contributed by atoms with Crippen LogP contribution in [0.5, 0.6) is 11.5 Å². The Morgan fingerprint density at radius 1 is 1.03 bits per heavy atom. The van der Waals surface area contributed by atoms with Crippen molar-refractivity contribution < 1.29 is 14.3 Å². The fourth-order valence-electron chi connectivity index (χ4n) is 3.85. The van der Waals surface area contributed by atoms with Crippen LogP contribution in [-0.4, -0.2) is 56.2 Å². The summed E-state index contributed by atoms with van der Waals surface area (Å²) in [6.07, 6.45) is 3.44. The SMILES string of the molecule is COc1ccc(/C=C/C(=O)N2CCN(c3nc4cc(C)cc(C)c4s3)CC2)cc1OC. The van der Waals surface area contributed by atoms with Crippen LogP contribution in [0.4, 0.5) is 5.13 Å². The molecule has 0 aliphatic carbocycles. The van der Waals surface area contributed by atoms with Gasteiger partial charge in [-0.1, -0.05) is 23.5 Å². The second-order valence-electron chi connectivity index (χ2n) is 7.69. The van der Waals surface area contributed by atoms with E-state index in [1.807, 2.05) is 29.2 Å².